The molecule has 3 aliphatic heterocycles. The number of fused-ring (bicyclic) bond motifs is 1. The summed E-state index contributed by atoms with van der Waals surface area (Å²) in [7, 11) is -3.56. The lowest BCUT2D eigenvalue weighted by atomic mass is 9.86. The molecule has 2 aromatic rings. The first-order valence-corrected chi connectivity index (χ1v) is 16.0. The number of likely N-dealkylation sites (tertiary alicyclic amines) is 2. The highest BCUT2D eigenvalue weighted by Crippen LogP contribution is 2.37. The summed E-state index contributed by atoms with van der Waals surface area (Å²) in [5.41, 5.74) is 0.476. The minimum absolute atomic E-state index is 0.0220. The molecular formula is C28H37F3N6O5S. The Kier molecular flexibility index (Phi) is 8.53. The minimum atomic E-state index is -3.56. The van der Waals surface area contributed by atoms with Crippen LogP contribution in [-0.4, -0.2) is 101 Å². The summed E-state index contributed by atoms with van der Waals surface area (Å²) in [5.74, 6) is -1.72. The molecule has 2 amide bonds. The van der Waals surface area contributed by atoms with Gasteiger partial charge in [0.2, 0.25) is 5.91 Å². The Morgan fingerprint density at radius 1 is 1.16 bits per heavy atom. The number of nitrogens with one attached hydrogen (secondary N) is 1. The van der Waals surface area contributed by atoms with Crippen LogP contribution in [0.25, 0.3) is 0 Å². The molecule has 4 atom stereocenters. The standard InChI is InChI=1S/C28H37F3N6O5S/c1-28(2,3)42-27(39)32-23-10-20(35-11-17-12-37(43(4,40)41)33-24(17)15-35)14-36(16-25(38)34-8-7-19(30)13-34)26(23)21-9-18(29)5-6-22(21)31/h5-6,9,12,19-20,23,26H,7-8,10-11,13-16H2,1-4H3,(H,32,39)/t19-,20-,23+,26-/m1/s1. The summed E-state index contributed by atoms with van der Waals surface area (Å²) in [4.78, 5) is 31.5. The van der Waals surface area contributed by atoms with Crippen molar-refractivity contribution in [2.45, 2.75) is 76.6 Å². The van der Waals surface area contributed by atoms with E-state index >= 15 is 4.39 Å². The Balaban J connectivity index is 1.47. The molecule has 4 heterocycles. The van der Waals surface area contributed by atoms with Crippen LogP contribution in [0.3, 0.4) is 0 Å². The fourth-order valence-electron chi connectivity index (χ4n) is 6.11. The lowest BCUT2D eigenvalue weighted by Crippen LogP contribution is -2.59. The van der Waals surface area contributed by atoms with Gasteiger partial charge in [0, 0.05) is 49.5 Å². The van der Waals surface area contributed by atoms with Gasteiger partial charge in [-0.1, -0.05) is 0 Å². The Labute approximate surface area is 249 Å². The smallest absolute Gasteiger partial charge is 0.407 e. The van der Waals surface area contributed by atoms with Crippen LogP contribution in [0.4, 0.5) is 18.0 Å². The Bertz CT molecular complexity index is 1470. The van der Waals surface area contributed by atoms with Crippen LogP contribution < -0.4 is 5.32 Å². The zero-order chi connectivity index (χ0) is 31.3. The van der Waals surface area contributed by atoms with Gasteiger partial charge >= 0.3 is 6.09 Å². The Hall–Kier alpha value is -3.17. The number of benzene rings is 1. The molecule has 5 rings (SSSR count). The second-order valence-electron chi connectivity index (χ2n) is 12.5. The predicted octanol–water partition coefficient (Wildman–Crippen LogP) is 2.56. The van der Waals surface area contributed by atoms with E-state index in [1.54, 1.807) is 25.7 Å². The van der Waals surface area contributed by atoms with E-state index in [9.17, 15) is 26.8 Å². The van der Waals surface area contributed by atoms with E-state index in [4.69, 9.17) is 4.74 Å². The van der Waals surface area contributed by atoms with Gasteiger partial charge in [-0.25, -0.2) is 26.4 Å². The number of amides is 2. The molecule has 1 aromatic carbocycles. The number of carbonyl (C=O) groups excluding carboxylic acids is 2. The largest absolute Gasteiger partial charge is 0.444 e. The topological polar surface area (TPSA) is 117 Å². The van der Waals surface area contributed by atoms with Crippen molar-refractivity contribution < 1.29 is 35.9 Å². The molecule has 0 radical (unpaired) electrons. The van der Waals surface area contributed by atoms with Crippen LogP contribution in [0.15, 0.2) is 24.4 Å². The summed E-state index contributed by atoms with van der Waals surface area (Å²) in [6.07, 6.45) is 1.18. The Morgan fingerprint density at radius 2 is 1.91 bits per heavy atom. The number of halogens is 3. The highest BCUT2D eigenvalue weighted by molar-refractivity contribution is 7.89. The van der Waals surface area contributed by atoms with E-state index in [1.807, 2.05) is 0 Å². The van der Waals surface area contributed by atoms with Crippen molar-refractivity contribution in [3.63, 3.8) is 0 Å². The number of rotatable bonds is 6. The third kappa shape index (κ3) is 7.15. The van der Waals surface area contributed by atoms with E-state index in [0.29, 0.717) is 18.8 Å². The van der Waals surface area contributed by atoms with Crippen molar-refractivity contribution >= 4 is 22.0 Å². The molecule has 0 bridgehead atoms. The van der Waals surface area contributed by atoms with Gasteiger partial charge in [0.1, 0.15) is 23.4 Å². The first-order chi connectivity index (χ1) is 20.1. The van der Waals surface area contributed by atoms with Crippen molar-refractivity contribution in [2.75, 3.05) is 32.4 Å². The van der Waals surface area contributed by atoms with E-state index in [2.05, 4.69) is 15.3 Å². The molecule has 0 spiro atoms. The second kappa shape index (κ2) is 11.7. The number of carbonyl (C=O) groups is 2. The Morgan fingerprint density at radius 3 is 2.53 bits per heavy atom. The van der Waals surface area contributed by atoms with Gasteiger partial charge in [-0.05, 0) is 51.8 Å². The summed E-state index contributed by atoms with van der Waals surface area (Å²) in [6, 6.07) is 1.03. The third-order valence-electron chi connectivity index (χ3n) is 7.99. The zero-order valence-electron chi connectivity index (χ0n) is 24.6. The van der Waals surface area contributed by atoms with Crippen molar-refractivity contribution in [1.29, 1.82) is 0 Å². The lowest BCUT2D eigenvalue weighted by Gasteiger charge is -2.47. The summed E-state index contributed by atoms with van der Waals surface area (Å²) in [6.45, 7) is 6.04. The van der Waals surface area contributed by atoms with Crippen LogP contribution >= 0.6 is 0 Å². The molecule has 2 fully saturated rings. The number of alkyl halides is 1. The molecule has 3 aliphatic rings. The van der Waals surface area contributed by atoms with E-state index in [1.165, 1.54) is 11.1 Å². The maximum atomic E-state index is 15.3. The number of aromatic nitrogens is 2. The average molecular weight is 627 g/mol. The first kappa shape index (κ1) is 31.3. The van der Waals surface area contributed by atoms with Crippen LogP contribution in [0, 0.1) is 11.6 Å². The molecule has 0 aliphatic carbocycles. The van der Waals surface area contributed by atoms with Crippen molar-refractivity contribution in [3.8, 4) is 0 Å². The van der Waals surface area contributed by atoms with Crippen molar-refractivity contribution in [3.05, 3.63) is 52.9 Å². The molecule has 15 heteroatoms. The fourth-order valence-corrected chi connectivity index (χ4v) is 6.68. The van der Waals surface area contributed by atoms with Crippen LogP contribution in [0.5, 0.6) is 0 Å². The molecule has 236 valence electrons. The van der Waals surface area contributed by atoms with Crippen LogP contribution in [0.1, 0.15) is 56.5 Å². The first-order valence-electron chi connectivity index (χ1n) is 14.2. The minimum Gasteiger partial charge on any atom is -0.444 e. The third-order valence-corrected chi connectivity index (χ3v) is 8.85. The van der Waals surface area contributed by atoms with Crippen LogP contribution in [-0.2, 0) is 32.6 Å². The molecule has 1 aromatic heterocycles. The van der Waals surface area contributed by atoms with Gasteiger partial charge in [0.15, 0.2) is 0 Å². The number of hydrogen-bond acceptors (Lipinski definition) is 8. The van der Waals surface area contributed by atoms with E-state index < -0.39 is 51.6 Å². The highest BCUT2D eigenvalue weighted by atomic mass is 32.2. The number of ether oxygens (including phenoxy) is 1. The molecule has 2 saturated heterocycles. The second-order valence-corrected chi connectivity index (χ2v) is 14.4. The predicted molar refractivity (Wildman–Crippen MR) is 150 cm³/mol. The molecule has 0 saturated carbocycles. The quantitative estimate of drug-likeness (QED) is 0.520. The van der Waals surface area contributed by atoms with E-state index in [0.717, 1.165) is 34.1 Å². The maximum Gasteiger partial charge on any atom is 0.407 e. The summed E-state index contributed by atoms with van der Waals surface area (Å²) >= 11 is 0. The maximum absolute atomic E-state index is 15.3. The van der Waals surface area contributed by atoms with E-state index in [-0.39, 0.29) is 56.5 Å². The van der Waals surface area contributed by atoms with Gasteiger partial charge in [-0.3, -0.25) is 14.6 Å². The van der Waals surface area contributed by atoms with Gasteiger partial charge in [0.05, 0.1) is 37.1 Å². The lowest BCUT2D eigenvalue weighted by molar-refractivity contribution is -0.133. The number of hydrogen-bond donors (Lipinski definition) is 1. The highest BCUT2D eigenvalue weighted by Gasteiger charge is 2.44. The molecule has 1 N–H and O–H groups in total. The summed E-state index contributed by atoms with van der Waals surface area (Å²) in [5, 5.41) is 7.07. The summed E-state index contributed by atoms with van der Waals surface area (Å²) < 4.78 is 74.1. The van der Waals surface area contributed by atoms with Crippen molar-refractivity contribution in [2.24, 2.45) is 0 Å². The van der Waals surface area contributed by atoms with Gasteiger partial charge < -0.3 is 15.0 Å². The van der Waals surface area contributed by atoms with Crippen molar-refractivity contribution in [1.82, 2.24) is 29.2 Å². The molecular weight excluding hydrogens is 589 g/mol. The van der Waals surface area contributed by atoms with Gasteiger partial charge in [0.25, 0.3) is 10.0 Å². The van der Waals surface area contributed by atoms with Gasteiger partial charge in [-0.15, -0.1) is 0 Å². The monoisotopic (exact) mass is 626 g/mol. The number of nitrogens with zero attached hydrogens (tertiary/aromatic N) is 5. The fraction of sp³-hybridized carbons (Fsp3) is 0.607. The number of piperidine rings is 1. The zero-order valence-corrected chi connectivity index (χ0v) is 25.4. The SMILES string of the molecule is CC(C)(C)OC(=O)N[C@H]1C[C@@H](N2Cc3cn(S(C)(=O)=O)nc3C2)CN(CC(=O)N2CC[C@@H](F)C2)[C@@H]1c1cc(F)ccc1F. The normalized spacial score (nSPS) is 25.1. The van der Waals surface area contributed by atoms with Gasteiger partial charge in [-0.2, -0.15) is 9.19 Å². The number of alkyl carbamates (subject to hydrolysis) is 1. The molecule has 11 nitrogen and oxygen atoms in total. The molecule has 0 unspecified atom stereocenters. The average Bonchev–Trinajstić information content (AvgIpc) is 3.59. The molecule has 43 heavy (non-hydrogen) atoms. The van der Waals surface area contributed by atoms with Crippen LogP contribution in [0.2, 0.25) is 0 Å².